The summed E-state index contributed by atoms with van der Waals surface area (Å²) < 4.78 is 0. The molecule has 0 radical (unpaired) electrons. The number of hydrogen-bond donors (Lipinski definition) is 3. The first kappa shape index (κ1) is 17.6. The quantitative estimate of drug-likeness (QED) is 0.310. The minimum atomic E-state index is -0.143. The molecule has 1 saturated heterocycles. The number of fused-ring (bicyclic) bond motifs is 5. The number of allylic oxidation sites excluding steroid dienone is 2. The molecule has 1 saturated carbocycles. The Hall–Kier alpha value is -2.83. The topological polar surface area (TPSA) is 94.0 Å². The highest BCUT2D eigenvalue weighted by Gasteiger charge is 2.58. The number of phenols is 1. The lowest BCUT2D eigenvalue weighted by Gasteiger charge is -2.18. The molecule has 0 aromatic heterocycles. The van der Waals surface area contributed by atoms with Gasteiger partial charge in [0.05, 0.1) is 11.8 Å². The van der Waals surface area contributed by atoms with E-state index in [1.807, 2.05) is 6.07 Å². The molecule has 142 valence electrons. The highest BCUT2D eigenvalue weighted by atomic mass is 16.3. The molecule has 4 unspecified atom stereocenters. The Bertz CT molecular complexity index is 789. The second-order valence-electron chi connectivity index (χ2n) is 7.35. The molecule has 1 heterocycles. The number of aromatic hydroxyl groups is 1. The van der Waals surface area contributed by atoms with E-state index in [-0.39, 0.29) is 41.2 Å². The summed E-state index contributed by atoms with van der Waals surface area (Å²) in [5.41, 5.74) is 0.929. The van der Waals surface area contributed by atoms with Gasteiger partial charge in [0.25, 0.3) is 0 Å². The first-order chi connectivity index (χ1) is 13.1. The van der Waals surface area contributed by atoms with Crippen molar-refractivity contribution in [2.24, 2.45) is 28.7 Å². The molecule has 1 aromatic rings. The summed E-state index contributed by atoms with van der Waals surface area (Å²) in [6, 6.07) is 7.00. The van der Waals surface area contributed by atoms with Crippen LogP contribution in [0.1, 0.15) is 12.0 Å². The lowest BCUT2D eigenvalue weighted by molar-refractivity contribution is -0.140. The molecule has 4 rings (SSSR count). The van der Waals surface area contributed by atoms with Crippen molar-refractivity contribution in [1.29, 1.82) is 0 Å². The Morgan fingerprint density at radius 3 is 2.52 bits per heavy atom. The number of phenolic OH excluding ortho intramolecular Hbond substituents is 1. The summed E-state index contributed by atoms with van der Waals surface area (Å²) in [5, 5.41) is 15.8. The van der Waals surface area contributed by atoms with Crippen molar-refractivity contribution >= 4 is 17.8 Å². The standard InChI is InChI=1S/C20H24N4O3/c1-21-20(23-11-12-3-2-4-15(25)9-12)22-7-8-24-18(26)16-13-5-6-14(10-13)17(16)19(24)27/h2-6,9,13-14,16-17,25H,7-8,10-11H2,1H3,(H2,21,22,23). The number of hydrogen-bond acceptors (Lipinski definition) is 4. The smallest absolute Gasteiger partial charge is 0.233 e. The van der Waals surface area contributed by atoms with Gasteiger partial charge in [-0.3, -0.25) is 19.5 Å². The molecule has 3 N–H and O–H groups in total. The van der Waals surface area contributed by atoms with Gasteiger partial charge in [-0.25, -0.2) is 0 Å². The molecular formula is C20H24N4O3. The van der Waals surface area contributed by atoms with Crippen LogP contribution in [0.5, 0.6) is 5.75 Å². The fourth-order valence-corrected chi connectivity index (χ4v) is 4.54. The Kier molecular flexibility index (Phi) is 4.59. The van der Waals surface area contributed by atoms with Crippen LogP contribution in [0.3, 0.4) is 0 Å². The molecule has 1 aliphatic heterocycles. The van der Waals surface area contributed by atoms with Crippen LogP contribution in [0.15, 0.2) is 41.4 Å². The Morgan fingerprint density at radius 1 is 1.19 bits per heavy atom. The van der Waals surface area contributed by atoms with Crippen LogP contribution in [-0.4, -0.2) is 47.9 Å². The zero-order valence-electron chi connectivity index (χ0n) is 15.3. The lowest BCUT2D eigenvalue weighted by atomic mass is 9.85. The number of aliphatic imine (C=N–C) groups is 1. The average molecular weight is 368 g/mol. The maximum absolute atomic E-state index is 12.6. The van der Waals surface area contributed by atoms with Gasteiger partial charge < -0.3 is 15.7 Å². The van der Waals surface area contributed by atoms with Crippen LogP contribution in [0.4, 0.5) is 0 Å². The maximum atomic E-state index is 12.6. The maximum Gasteiger partial charge on any atom is 0.233 e. The highest BCUT2D eigenvalue weighted by molar-refractivity contribution is 6.06. The van der Waals surface area contributed by atoms with E-state index in [0.29, 0.717) is 25.6 Å². The fourth-order valence-electron chi connectivity index (χ4n) is 4.54. The van der Waals surface area contributed by atoms with Gasteiger partial charge in [-0.2, -0.15) is 0 Å². The third kappa shape index (κ3) is 3.18. The van der Waals surface area contributed by atoms with E-state index in [1.165, 1.54) is 4.90 Å². The average Bonchev–Trinajstić information content (AvgIpc) is 3.34. The van der Waals surface area contributed by atoms with E-state index in [4.69, 9.17) is 0 Å². The second kappa shape index (κ2) is 7.06. The van der Waals surface area contributed by atoms with Crippen LogP contribution < -0.4 is 10.6 Å². The molecule has 4 atom stereocenters. The first-order valence-electron chi connectivity index (χ1n) is 9.34. The lowest BCUT2D eigenvalue weighted by Crippen LogP contribution is -2.43. The SMILES string of the molecule is CN=C(NCCN1C(=O)C2C3C=CC(C3)C2C1=O)NCc1cccc(O)c1. The molecule has 2 bridgehead atoms. The summed E-state index contributed by atoms with van der Waals surface area (Å²) >= 11 is 0. The molecular weight excluding hydrogens is 344 g/mol. The van der Waals surface area contributed by atoms with Crippen molar-refractivity contribution in [3.63, 3.8) is 0 Å². The molecule has 27 heavy (non-hydrogen) atoms. The fraction of sp³-hybridized carbons (Fsp3) is 0.450. The second-order valence-corrected chi connectivity index (χ2v) is 7.35. The van der Waals surface area contributed by atoms with E-state index in [0.717, 1.165) is 12.0 Å². The Labute approximate surface area is 158 Å². The summed E-state index contributed by atoms with van der Waals surface area (Å²) in [6.07, 6.45) is 5.16. The van der Waals surface area contributed by atoms with E-state index >= 15 is 0 Å². The number of guanidine groups is 1. The molecule has 7 heteroatoms. The normalized spacial score (nSPS) is 28.8. The van der Waals surface area contributed by atoms with Gasteiger partial charge in [-0.1, -0.05) is 24.3 Å². The molecule has 1 aromatic carbocycles. The van der Waals surface area contributed by atoms with Gasteiger partial charge in [0.15, 0.2) is 5.96 Å². The molecule has 2 fully saturated rings. The summed E-state index contributed by atoms with van der Waals surface area (Å²) in [7, 11) is 1.66. The van der Waals surface area contributed by atoms with Gasteiger partial charge in [0.1, 0.15) is 5.75 Å². The van der Waals surface area contributed by atoms with E-state index in [9.17, 15) is 14.7 Å². The van der Waals surface area contributed by atoms with Gasteiger partial charge >= 0.3 is 0 Å². The molecule has 0 spiro atoms. The molecule has 2 aliphatic carbocycles. The van der Waals surface area contributed by atoms with Crippen molar-refractivity contribution in [3.8, 4) is 5.75 Å². The summed E-state index contributed by atoms with van der Waals surface area (Å²) in [5.74, 6) is 0.957. The number of nitrogens with zero attached hydrogens (tertiary/aromatic N) is 2. The molecule has 7 nitrogen and oxygen atoms in total. The summed E-state index contributed by atoms with van der Waals surface area (Å²) in [4.78, 5) is 30.9. The van der Waals surface area contributed by atoms with Crippen molar-refractivity contribution in [2.75, 3.05) is 20.1 Å². The highest BCUT2D eigenvalue weighted by Crippen LogP contribution is 2.52. The number of carbonyl (C=O) groups is 2. The Morgan fingerprint density at radius 2 is 1.89 bits per heavy atom. The van der Waals surface area contributed by atoms with Crippen LogP contribution in [0.2, 0.25) is 0 Å². The third-order valence-electron chi connectivity index (χ3n) is 5.78. The number of carbonyl (C=O) groups excluding carboxylic acids is 2. The van der Waals surface area contributed by atoms with Gasteiger partial charge in [0, 0.05) is 26.7 Å². The number of amides is 2. The predicted molar refractivity (Wildman–Crippen MR) is 101 cm³/mol. The molecule has 3 aliphatic rings. The minimum Gasteiger partial charge on any atom is -0.508 e. The number of nitrogens with one attached hydrogen (secondary N) is 2. The van der Waals surface area contributed by atoms with Gasteiger partial charge in [-0.15, -0.1) is 0 Å². The number of likely N-dealkylation sites (tertiary alicyclic amines) is 1. The first-order valence-corrected chi connectivity index (χ1v) is 9.34. The number of rotatable bonds is 5. The zero-order valence-corrected chi connectivity index (χ0v) is 15.3. The van der Waals surface area contributed by atoms with Gasteiger partial charge in [-0.05, 0) is 36.0 Å². The zero-order chi connectivity index (χ0) is 19.0. The van der Waals surface area contributed by atoms with E-state index in [1.54, 1.807) is 25.2 Å². The van der Waals surface area contributed by atoms with Gasteiger partial charge in [0.2, 0.25) is 11.8 Å². The van der Waals surface area contributed by atoms with Crippen molar-refractivity contribution in [3.05, 3.63) is 42.0 Å². The van der Waals surface area contributed by atoms with E-state index < -0.39 is 0 Å². The van der Waals surface area contributed by atoms with Crippen molar-refractivity contribution in [2.45, 2.75) is 13.0 Å². The summed E-state index contributed by atoms with van der Waals surface area (Å²) in [6.45, 7) is 1.30. The van der Waals surface area contributed by atoms with Crippen LogP contribution >= 0.6 is 0 Å². The van der Waals surface area contributed by atoms with Crippen LogP contribution in [0, 0.1) is 23.7 Å². The third-order valence-corrected chi connectivity index (χ3v) is 5.78. The van der Waals surface area contributed by atoms with Crippen LogP contribution in [0.25, 0.3) is 0 Å². The van der Waals surface area contributed by atoms with Crippen LogP contribution in [-0.2, 0) is 16.1 Å². The minimum absolute atomic E-state index is 0.0219. The van der Waals surface area contributed by atoms with Crippen molar-refractivity contribution in [1.82, 2.24) is 15.5 Å². The van der Waals surface area contributed by atoms with E-state index in [2.05, 4.69) is 27.8 Å². The monoisotopic (exact) mass is 368 g/mol. The number of benzene rings is 1. The number of imide groups is 1. The Balaban J connectivity index is 1.28. The van der Waals surface area contributed by atoms with Crippen molar-refractivity contribution < 1.29 is 14.7 Å². The predicted octanol–water partition coefficient (Wildman–Crippen LogP) is 0.864. The molecule has 2 amide bonds. The largest absolute Gasteiger partial charge is 0.508 e.